The minimum absolute atomic E-state index is 0.125. The summed E-state index contributed by atoms with van der Waals surface area (Å²) in [4.78, 5) is -0.764. The quantitative estimate of drug-likeness (QED) is 0.251. The Balaban J connectivity index is 0. The molecular weight excluding hydrogens is 272 g/mol. The first-order valence-corrected chi connectivity index (χ1v) is 8.59. The summed E-state index contributed by atoms with van der Waals surface area (Å²) in [6.45, 7) is 3.78. The minimum Gasteiger partial charge on any atom is -0.394 e. The molecule has 0 heterocycles. The smallest absolute Gasteiger partial charge is 0.104 e. The molecule has 0 aromatic rings. The van der Waals surface area contributed by atoms with Gasteiger partial charge in [0.2, 0.25) is 0 Å². The summed E-state index contributed by atoms with van der Waals surface area (Å²) in [6.07, 6.45) is 14.2. The molecule has 0 fully saturated rings. The number of unbranched alkanes of at least 4 members (excludes halogenated alkanes) is 9. The van der Waals surface area contributed by atoms with E-state index < -0.39 is 4.93 Å². The lowest BCUT2D eigenvalue weighted by Crippen LogP contribution is -2.14. The zero-order chi connectivity index (χ0) is 15.7. The molecule has 0 rings (SSSR count). The van der Waals surface area contributed by atoms with Crippen LogP contribution < -0.4 is 0 Å². The van der Waals surface area contributed by atoms with Gasteiger partial charge in [-0.3, -0.25) is 0 Å². The van der Waals surface area contributed by atoms with Gasteiger partial charge in [-0.2, -0.15) is 0 Å². The van der Waals surface area contributed by atoms with Crippen LogP contribution in [0.3, 0.4) is 0 Å². The lowest BCUT2D eigenvalue weighted by molar-refractivity contribution is 0.146. The second-order valence-electron chi connectivity index (χ2n) is 5.60. The third-order valence-corrected chi connectivity index (χ3v) is 3.33. The SMILES string of the molecule is CCCCCCCCCCCCC(C)(O)S.OCCO. The molecule has 0 bridgehead atoms. The van der Waals surface area contributed by atoms with Gasteiger partial charge < -0.3 is 15.3 Å². The van der Waals surface area contributed by atoms with Crippen LogP contribution in [0.4, 0.5) is 0 Å². The third kappa shape index (κ3) is 26.7. The van der Waals surface area contributed by atoms with E-state index in [4.69, 9.17) is 10.2 Å². The van der Waals surface area contributed by atoms with Crippen molar-refractivity contribution in [2.45, 2.75) is 89.4 Å². The van der Waals surface area contributed by atoms with E-state index in [9.17, 15) is 5.11 Å². The molecular formula is C16H36O3S. The van der Waals surface area contributed by atoms with Gasteiger partial charge in [0.1, 0.15) is 4.93 Å². The fraction of sp³-hybridized carbons (Fsp3) is 1.00. The number of hydrogen-bond donors (Lipinski definition) is 4. The molecule has 1 atom stereocenters. The molecule has 0 amide bonds. The molecule has 0 aromatic carbocycles. The van der Waals surface area contributed by atoms with Crippen molar-refractivity contribution >= 4 is 12.6 Å². The summed E-state index contributed by atoms with van der Waals surface area (Å²) < 4.78 is 0. The van der Waals surface area contributed by atoms with E-state index in [2.05, 4.69) is 19.6 Å². The highest BCUT2D eigenvalue weighted by Crippen LogP contribution is 2.19. The van der Waals surface area contributed by atoms with Gasteiger partial charge in [-0.05, 0) is 19.8 Å². The summed E-state index contributed by atoms with van der Waals surface area (Å²) >= 11 is 4.10. The molecule has 3 N–H and O–H groups in total. The average molecular weight is 309 g/mol. The lowest BCUT2D eigenvalue weighted by atomic mass is 10.0. The Morgan fingerprint density at radius 3 is 1.40 bits per heavy atom. The summed E-state index contributed by atoms with van der Waals surface area (Å²) in [7, 11) is 0. The maximum atomic E-state index is 9.41. The first-order valence-electron chi connectivity index (χ1n) is 8.14. The Bertz CT molecular complexity index is 168. The Kier molecular flexibility index (Phi) is 19.5. The van der Waals surface area contributed by atoms with E-state index in [1.807, 2.05) is 0 Å². The second-order valence-corrected chi connectivity index (χ2v) is 6.56. The van der Waals surface area contributed by atoms with Gasteiger partial charge in [0, 0.05) is 0 Å². The van der Waals surface area contributed by atoms with Crippen LogP contribution in [-0.2, 0) is 0 Å². The zero-order valence-corrected chi connectivity index (χ0v) is 14.4. The predicted molar refractivity (Wildman–Crippen MR) is 90.2 cm³/mol. The van der Waals surface area contributed by atoms with E-state index in [0.717, 1.165) is 12.8 Å². The van der Waals surface area contributed by atoms with Crippen LogP contribution >= 0.6 is 12.6 Å². The zero-order valence-electron chi connectivity index (χ0n) is 13.5. The van der Waals surface area contributed by atoms with Crippen LogP contribution in [0.25, 0.3) is 0 Å². The molecule has 0 saturated carbocycles. The van der Waals surface area contributed by atoms with E-state index in [0.29, 0.717) is 0 Å². The van der Waals surface area contributed by atoms with Gasteiger partial charge in [0.25, 0.3) is 0 Å². The normalized spacial score (nSPS) is 13.5. The van der Waals surface area contributed by atoms with Crippen LogP contribution in [-0.4, -0.2) is 33.5 Å². The van der Waals surface area contributed by atoms with Gasteiger partial charge in [-0.1, -0.05) is 64.7 Å². The van der Waals surface area contributed by atoms with Crippen LogP contribution in [0.1, 0.15) is 84.5 Å². The van der Waals surface area contributed by atoms with Crippen LogP contribution in [0.2, 0.25) is 0 Å². The fourth-order valence-corrected chi connectivity index (χ4v) is 2.11. The van der Waals surface area contributed by atoms with Gasteiger partial charge >= 0.3 is 0 Å². The maximum absolute atomic E-state index is 9.41. The molecule has 20 heavy (non-hydrogen) atoms. The maximum Gasteiger partial charge on any atom is 0.104 e. The van der Waals surface area contributed by atoms with E-state index in [-0.39, 0.29) is 13.2 Å². The predicted octanol–water partition coefficient (Wildman–Crippen LogP) is 3.91. The lowest BCUT2D eigenvalue weighted by Gasteiger charge is -2.15. The van der Waals surface area contributed by atoms with Crippen LogP contribution in [0.15, 0.2) is 0 Å². The van der Waals surface area contributed by atoms with Crippen molar-refractivity contribution in [1.29, 1.82) is 0 Å². The van der Waals surface area contributed by atoms with Gasteiger partial charge in [0.05, 0.1) is 13.2 Å². The van der Waals surface area contributed by atoms with Crippen molar-refractivity contribution < 1.29 is 15.3 Å². The Hall–Kier alpha value is 0.230. The fourth-order valence-electron chi connectivity index (χ4n) is 1.95. The van der Waals surface area contributed by atoms with Gasteiger partial charge in [-0.25, -0.2) is 0 Å². The first-order chi connectivity index (χ1) is 9.47. The molecule has 0 aromatic heterocycles. The summed E-state index contributed by atoms with van der Waals surface area (Å²) in [5, 5.41) is 24.7. The highest BCUT2D eigenvalue weighted by atomic mass is 32.1. The molecule has 124 valence electrons. The van der Waals surface area contributed by atoms with Crippen molar-refractivity contribution in [3.05, 3.63) is 0 Å². The van der Waals surface area contributed by atoms with Gasteiger partial charge in [-0.15, -0.1) is 12.6 Å². The molecule has 0 aliphatic carbocycles. The standard InChI is InChI=1S/C14H30OS.C2H6O2/c1-3-4-5-6-7-8-9-10-11-12-13-14(2,15)16;3-1-2-4/h15-16H,3-13H2,1-2H3;3-4H,1-2H2. The molecule has 4 heteroatoms. The average Bonchev–Trinajstić information content (AvgIpc) is 2.40. The first kappa shape index (κ1) is 22.5. The van der Waals surface area contributed by atoms with E-state index >= 15 is 0 Å². The van der Waals surface area contributed by atoms with Crippen LogP contribution in [0.5, 0.6) is 0 Å². The minimum atomic E-state index is -0.764. The highest BCUT2D eigenvalue weighted by molar-refractivity contribution is 7.81. The largest absolute Gasteiger partial charge is 0.394 e. The van der Waals surface area contributed by atoms with Crippen molar-refractivity contribution in [2.24, 2.45) is 0 Å². The van der Waals surface area contributed by atoms with Crippen molar-refractivity contribution in [2.75, 3.05) is 13.2 Å². The number of thiol groups is 1. The molecule has 0 saturated heterocycles. The van der Waals surface area contributed by atoms with Crippen molar-refractivity contribution in [3.8, 4) is 0 Å². The molecule has 0 aliphatic rings. The van der Waals surface area contributed by atoms with E-state index in [1.54, 1.807) is 6.92 Å². The van der Waals surface area contributed by atoms with Crippen LogP contribution in [0, 0.1) is 0 Å². The third-order valence-electron chi connectivity index (χ3n) is 3.10. The number of aliphatic hydroxyl groups is 3. The molecule has 3 nitrogen and oxygen atoms in total. The van der Waals surface area contributed by atoms with Crippen molar-refractivity contribution in [3.63, 3.8) is 0 Å². The van der Waals surface area contributed by atoms with E-state index in [1.165, 1.54) is 57.8 Å². The van der Waals surface area contributed by atoms with Crippen molar-refractivity contribution in [1.82, 2.24) is 0 Å². The number of aliphatic hydroxyl groups excluding tert-OH is 2. The number of rotatable bonds is 12. The summed E-state index contributed by atoms with van der Waals surface area (Å²) in [5.74, 6) is 0. The monoisotopic (exact) mass is 308 g/mol. The summed E-state index contributed by atoms with van der Waals surface area (Å²) in [5.41, 5.74) is 0. The summed E-state index contributed by atoms with van der Waals surface area (Å²) in [6, 6.07) is 0. The molecule has 1 unspecified atom stereocenters. The second kappa shape index (κ2) is 17.3. The highest BCUT2D eigenvalue weighted by Gasteiger charge is 2.11. The van der Waals surface area contributed by atoms with Gasteiger partial charge in [0.15, 0.2) is 0 Å². The Morgan fingerprint density at radius 1 is 0.750 bits per heavy atom. The molecule has 0 spiro atoms. The Morgan fingerprint density at radius 2 is 1.10 bits per heavy atom. The Labute approximate surface area is 131 Å². The number of hydrogen-bond acceptors (Lipinski definition) is 4. The molecule has 0 radical (unpaired) electrons. The topological polar surface area (TPSA) is 60.7 Å². The molecule has 0 aliphatic heterocycles.